The Hall–Kier alpha value is -1.06. The Bertz CT molecular complexity index is 375. The zero-order valence-electron chi connectivity index (χ0n) is 14.2. The summed E-state index contributed by atoms with van der Waals surface area (Å²) in [5.74, 6) is 1.39. The first-order valence-electron chi connectivity index (χ1n) is 8.21. The Morgan fingerprint density at radius 3 is 2.14 bits per heavy atom. The molecular weight excluding hydrogens is 262 g/mol. The molecule has 1 N–H and O–H groups in total. The van der Waals surface area contributed by atoms with Crippen LogP contribution >= 0.6 is 0 Å². The molecule has 0 aliphatic carbocycles. The van der Waals surface area contributed by atoms with Gasteiger partial charge in [0.05, 0.1) is 18.8 Å². The minimum atomic E-state index is 0.180. The van der Waals surface area contributed by atoms with Crippen LogP contribution in [-0.2, 0) is 4.74 Å². The Balaban J connectivity index is 2.93. The number of benzene rings is 1. The summed E-state index contributed by atoms with van der Waals surface area (Å²) in [7, 11) is 0. The third-order valence-electron chi connectivity index (χ3n) is 3.51. The van der Waals surface area contributed by atoms with Crippen LogP contribution in [0.15, 0.2) is 24.3 Å². The predicted octanol–water partition coefficient (Wildman–Crippen LogP) is 4.19. The summed E-state index contributed by atoms with van der Waals surface area (Å²) in [6, 6.07) is 8.60. The Kier molecular flexibility index (Phi) is 8.40. The molecule has 0 spiro atoms. The normalized spacial score (nSPS) is 14.2. The van der Waals surface area contributed by atoms with Gasteiger partial charge in [0.1, 0.15) is 5.75 Å². The molecule has 3 nitrogen and oxygen atoms in total. The molecule has 2 unspecified atom stereocenters. The van der Waals surface area contributed by atoms with E-state index in [1.165, 1.54) is 5.56 Å². The van der Waals surface area contributed by atoms with E-state index in [4.69, 9.17) is 9.47 Å². The van der Waals surface area contributed by atoms with Gasteiger partial charge in [-0.2, -0.15) is 0 Å². The molecule has 0 fully saturated rings. The zero-order valence-corrected chi connectivity index (χ0v) is 14.2. The maximum atomic E-state index is 6.00. The summed E-state index contributed by atoms with van der Waals surface area (Å²) in [6.45, 7) is 13.1. The van der Waals surface area contributed by atoms with Crippen LogP contribution < -0.4 is 10.1 Å². The van der Waals surface area contributed by atoms with Gasteiger partial charge in [0.2, 0.25) is 0 Å². The summed E-state index contributed by atoms with van der Waals surface area (Å²) in [6.07, 6.45) is 1.30. The van der Waals surface area contributed by atoms with Crippen molar-refractivity contribution in [2.24, 2.45) is 5.92 Å². The smallest absolute Gasteiger partial charge is 0.119 e. The highest BCUT2D eigenvalue weighted by atomic mass is 16.5. The lowest BCUT2D eigenvalue weighted by Gasteiger charge is -2.31. The molecule has 0 bridgehead atoms. The van der Waals surface area contributed by atoms with E-state index >= 15 is 0 Å². The zero-order chi connectivity index (χ0) is 15.7. The fraction of sp³-hybridized carbons (Fsp3) is 0.667. The van der Waals surface area contributed by atoms with Gasteiger partial charge in [-0.15, -0.1) is 0 Å². The number of hydrogen-bond donors (Lipinski definition) is 1. The van der Waals surface area contributed by atoms with Crippen LogP contribution in [0.5, 0.6) is 5.75 Å². The van der Waals surface area contributed by atoms with E-state index in [-0.39, 0.29) is 12.1 Å². The minimum absolute atomic E-state index is 0.180. The monoisotopic (exact) mass is 293 g/mol. The van der Waals surface area contributed by atoms with E-state index in [0.29, 0.717) is 12.5 Å². The van der Waals surface area contributed by atoms with Crippen LogP contribution in [0.3, 0.4) is 0 Å². The number of nitrogens with one attached hydrogen (secondary N) is 1. The molecule has 0 aliphatic heterocycles. The highest BCUT2D eigenvalue weighted by molar-refractivity contribution is 5.30. The number of hydrogen-bond acceptors (Lipinski definition) is 3. The van der Waals surface area contributed by atoms with Crippen LogP contribution in [0, 0.1) is 5.92 Å². The van der Waals surface area contributed by atoms with E-state index in [9.17, 15) is 0 Å². The molecule has 1 aromatic rings. The fourth-order valence-corrected chi connectivity index (χ4v) is 2.53. The van der Waals surface area contributed by atoms with E-state index in [1.807, 2.05) is 19.1 Å². The van der Waals surface area contributed by atoms with Gasteiger partial charge in [-0.3, -0.25) is 0 Å². The summed E-state index contributed by atoms with van der Waals surface area (Å²) < 4.78 is 11.5. The average molecular weight is 293 g/mol. The van der Waals surface area contributed by atoms with Crippen molar-refractivity contribution in [3.05, 3.63) is 29.8 Å². The highest BCUT2D eigenvalue weighted by Crippen LogP contribution is 2.26. The lowest BCUT2D eigenvalue weighted by molar-refractivity contribution is 0.00283. The highest BCUT2D eigenvalue weighted by Gasteiger charge is 2.26. The van der Waals surface area contributed by atoms with Crippen LogP contribution in [0.4, 0.5) is 0 Å². The quantitative estimate of drug-likeness (QED) is 0.702. The van der Waals surface area contributed by atoms with E-state index in [1.54, 1.807) is 0 Å². The van der Waals surface area contributed by atoms with Crippen LogP contribution in [-0.4, -0.2) is 25.9 Å². The molecule has 120 valence electrons. The van der Waals surface area contributed by atoms with E-state index in [2.05, 4.69) is 45.1 Å². The number of ether oxygens (including phenoxy) is 2. The molecule has 0 heterocycles. The first kappa shape index (κ1) is 18.0. The topological polar surface area (TPSA) is 30.5 Å². The van der Waals surface area contributed by atoms with Crippen molar-refractivity contribution in [3.63, 3.8) is 0 Å². The van der Waals surface area contributed by atoms with Crippen molar-refractivity contribution in [2.45, 2.75) is 53.2 Å². The standard InChI is InChI=1S/C18H31NO2/c1-6-13-19-17(18(14(4)5)21-8-3)15-9-11-16(12-10-15)20-7-2/h9-12,14,17-19H,6-8,13H2,1-5H3. The second-order valence-corrected chi connectivity index (χ2v) is 5.60. The van der Waals surface area contributed by atoms with Gasteiger partial charge in [0.15, 0.2) is 0 Å². The molecule has 0 aliphatic rings. The molecule has 0 saturated carbocycles. The van der Waals surface area contributed by atoms with Crippen molar-refractivity contribution in [3.8, 4) is 5.75 Å². The molecule has 0 aromatic heterocycles. The third-order valence-corrected chi connectivity index (χ3v) is 3.51. The lowest BCUT2D eigenvalue weighted by Crippen LogP contribution is -2.37. The van der Waals surface area contributed by atoms with Crippen molar-refractivity contribution in [1.82, 2.24) is 5.32 Å². The molecule has 1 aromatic carbocycles. The second-order valence-electron chi connectivity index (χ2n) is 5.60. The van der Waals surface area contributed by atoms with Gasteiger partial charge in [-0.1, -0.05) is 32.9 Å². The van der Waals surface area contributed by atoms with Crippen LogP contribution in [0.1, 0.15) is 52.6 Å². The van der Waals surface area contributed by atoms with Crippen molar-refractivity contribution in [1.29, 1.82) is 0 Å². The fourth-order valence-electron chi connectivity index (χ4n) is 2.53. The van der Waals surface area contributed by atoms with Gasteiger partial charge in [-0.05, 0) is 50.4 Å². The molecule has 3 heteroatoms. The van der Waals surface area contributed by atoms with E-state index in [0.717, 1.165) is 25.3 Å². The maximum absolute atomic E-state index is 6.00. The molecule has 0 saturated heterocycles. The predicted molar refractivity (Wildman–Crippen MR) is 88.9 cm³/mol. The summed E-state index contributed by atoms with van der Waals surface area (Å²) in [5, 5.41) is 3.64. The van der Waals surface area contributed by atoms with Gasteiger partial charge in [-0.25, -0.2) is 0 Å². The molecule has 0 amide bonds. The molecule has 0 radical (unpaired) electrons. The maximum Gasteiger partial charge on any atom is 0.119 e. The SMILES string of the molecule is CCCNC(c1ccc(OCC)cc1)C(OCC)C(C)C. The van der Waals surface area contributed by atoms with Crippen molar-refractivity contribution in [2.75, 3.05) is 19.8 Å². The van der Waals surface area contributed by atoms with Crippen LogP contribution in [0.25, 0.3) is 0 Å². The van der Waals surface area contributed by atoms with Gasteiger partial charge < -0.3 is 14.8 Å². The lowest BCUT2D eigenvalue weighted by atomic mass is 9.93. The first-order valence-corrected chi connectivity index (χ1v) is 8.21. The van der Waals surface area contributed by atoms with Crippen molar-refractivity contribution < 1.29 is 9.47 Å². The molecular formula is C18H31NO2. The van der Waals surface area contributed by atoms with Gasteiger partial charge in [0, 0.05) is 6.61 Å². The van der Waals surface area contributed by atoms with E-state index < -0.39 is 0 Å². The second kappa shape index (κ2) is 9.80. The first-order chi connectivity index (χ1) is 10.1. The Labute approximate surface area is 130 Å². The average Bonchev–Trinajstić information content (AvgIpc) is 2.48. The third kappa shape index (κ3) is 5.68. The molecule has 21 heavy (non-hydrogen) atoms. The van der Waals surface area contributed by atoms with Crippen molar-refractivity contribution >= 4 is 0 Å². The molecule has 1 rings (SSSR count). The largest absolute Gasteiger partial charge is 0.494 e. The summed E-state index contributed by atoms with van der Waals surface area (Å²) in [4.78, 5) is 0. The number of rotatable bonds is 10. The van der Waals surface area contributed by atoms with Gasteiger partial charge >= 0.3 is 0 Å². The summed E-state index contributed by atoms with van der Waals surface area (Å²) >= 11 is 0. The Morgan fingerprint density at radius 1 is 1.00 bits per heavy atom. The molecule has 2 atom stereocenters. The van der Waals surface area contributed by atoms with Crippen LogP contribution in [0.2, 0.25) is 0 Å². The Morgan fingerprint density at radius 2 is 1.67 bits per heavy atom. The minimum Gasteiger partial charge on any atom is -0.494 e. The summed E-state index contributed by atoms with van der Waals surface area (Å²) in [5.41, 5.74) is 1.26. The van der Waals surface area contributed by atoms with Gasteiger partial charge in [0.25, 0.3) is 0 Å².